The van der Waals surface area contributed by atoms with Crippen molar-refractivity contribution < 1.29 is 0 Å². The number of nitrogens with one attached hydrogen (secondary N) is 2. The Balaban J connectivity index is 1.78. The Bertz CT molecular complexity index is 871. The number of anilines is 1. The Morgan fingerprint density at radius 2 is 1.92 bits per heavy atom. The molecule has 2 N–H and O–H groups in total. The highest BCUT2D eigenvalue weighted by molar-refractivity contribution is 6.80. The van der Waals surface area contributed by atoms with Crippen LogP contribution in [0.25, 0.3) is 5.57 Å². The molecule has 2 aromatic rings. The van der Waals surface area contributed by atoms with Gasteiger partial charge in [-0.2, -0.15) is 5.10 Å². The quantitative estimate of drug-likeness (QED) is 0.855. The lowest BCUT2D eigenvalue weighted by Gasteiger charge is -2.10. The lowest BCUT2D eigenvalue weighted by atomic mass is 10.2. The van der Waals surface area contributed by atoms with Crippen LogP contribution in [0.5, 0.6) is 0 Å². The number of nitrogens with zero attached hydrogens (tertiary/aromatic N) is 4. The Morgan fingerprint density at radius 3 is 2.72 bits per heavy atom. The molecule has 0 radical (unpaired) electrons. The monoisotopic (exact) mass is 372 g/mol. The molecule has 6 nitrogen and oxygen atoms in total. The molecule has 2 heterocycles. The molecule has 0 bridgehead atoms. The molecule has 0 unspecified atom stereocenters. The predicted molar refractivity (Wildman–Crippen MR) is 103 cm³/mol. The van der Waals surface area contributed by atoms with Crippen molar-refractivity contribution in [3.8, 4) is 0 Å². The van der Waals surface area contributed by atoms with Crippen molar-refractivity contribution in [3.63, 3.8) is 0 Å². The predicted octanol–water partition coefficient (Wildman–Crippen LogP) is 3.82. The number of hydrazone groups is 1. The van der Waals surface area contributed by atoms with Gasteiger partial charge in [-0.15, -0.1) is 0 Å². The van der Waals surface area contributed by atoms with Gasteiger partial charge in [0.05, 0.1) is 17.5 Å². The lowest BCUT2D eigenvalue weighted by Crippen LogP contribution is -2.08. The van der Waals surface area contributed by atoms with Crippen LogP contribution in [-0.4, -0.2) is 21.4 Å². The van der Waals surface area contributed by atoms with Crippen LogP contribution in [0.2, 0.25) is 5.02 Å². The smallest absolute Gasteiger partial charge is 0.165 e. The molecule has 0 spiro atoms. The summed E-state index contributed by atoms with van der Waals surface area (Å²) in [7, 11) is 0. The minimum atomic E-state index is 0.222. The van der Waals surface area contributed by atoms with Crippen LogP contribution in [0, 0.1) is 0 Å². The first kappa shape index (κ1) is 17.1. The van der Waals surface area contributed by atoms with Crippen molar-refractivity contribution >= 4 is 46.0 Å². The largest absolute Gasteiger partial charge is 0.366 e. The van der Waals surface area contributed by atoms with Crippen molar-refractivity contribution in [2.45, 2.75) is 6.54 Å². The van der Waals surface area contributed by atoms with E-state index in [1.807, 2.05) is 24.3 Å². The fourth-order valence-corrected chi connectivity index (χ4v) is 2.35. The molecule has 0 saturated carbocycles. The standard InChI is InChI=1S/C17H14Cl2N6/c1-11-14(9-22-23-10-15(19)24-11)17-20-7-6-16(25-17)21-8-12-2-4-13(18)5-3-12/h2-7,9-10,22H,1,8H2,(H,20,21,25)/b14-9+,23-10-,24-15+. The first-order valence-corrected chi connectivity index (χ1v) is 8.11. The van der Waals surface area contributed by atoms with Crippen molar-refractivity contribution in [1.29, 1.82) is 0 Å². The summed E-state index contributed by atoms with van der Waals surface area (Å²) >= 11 is 11.8. The maximum absolute atomic E-state index is 5.91. The second-order valence-electron chi connectivity index (χ2n) is 5.07. The maximum atomic E-state index is 5.91. The van der Waals surface area contributed by atoms with E-state index in [-0.39, 0.29) is 5.17 Å². The van der Waals surface area contributed by atoms with Gasteiger partial charge in [-0.1, -0.05) is 41.9 Å². The van der Waals surface area contributed by atoms with Crippen LogP contribution < -0.4 is 10.7 Å². The van der Waals surface area contributed by atoms with Crippen molar-refractivity contribution in [3.05, 3.63) is 71.4 Å². The fraction of sp³-hybridized carbons (Fsp3) is 0.0588. The highest BCUT2D eigenvalue weighted by Gasteiger charge is 2.11. The molecule has 0 saturated heterocycles. The van der Waals surface area contributed by atoms with Gasteiger partial charge in [-0.25, -0.2) is 15.0 Å². The van der Waals surface area contributed by atoms with Crippen LogP contribution in [0.4, 0.5) is 5.82 Å². The van der Waals surface area contributed by atoms with Gasteiger partial charge >= 0.3 is 0 Å². The third-order valence-corrected chi connectivity index (χ3v) is 3.72. The first-order valence-electron chi connectivity index (χ1n) is 7.36. The average Bonchev–Trinajstić information content (AvgIpc) is 2.60. The van der Waals surface area contributed by atoms with Crippen molar-refractivity contribution in [2.24, 2.45) is 10.1 Å². The summed E-state index contributed by atoms with van der Waals surface area (Å²) in [5, 5.41) is 8.07. The Kier molecular flexibility index (Phi) is 5.42. The van der Waals surface area contributed by atoms with Gasteiger partial charge in [0, 0.05) is 24.0 Å². The number of benzene rings is 1. The Hall–Kier alpha value is -2.70. The summed E-state index contributed by atoms with van der Waals surface area (Å²) in [6.45, 7) is 4.51. The van der Waals surface area contributed by atoms with Gasteiger partial charge < -0.3 is 5.32 Å². The van der Waals surface area contributed by atoms with Crippen LogP contribution >= 0.6 is 23.2 Å². The van der Waals surface area contributed by atoms with E-state index in [1.165, 1.54) is 6.21 Å². The van der Waals surface area contributed by atoms with Gasteiger partial charge in [-0.05, 0) is 23.8 Å². The molecule has 126 valence electrons. The van der Waals surface area contributed by atoms with Crippen LogP contribution in [-0.2, 0) is 6.54 Å². The third-order valence-electron chi connectivity index (χ3n) is 3.29. The minimum absolute atomic E-state index is 0.222. The van der Waals surface area contributed by atoms with Gasteiger partial charge in [0.15, 0.2) is 5.82 Å². The van der Waals surface area contributed by atoms with E-state index in [2.05, 4.69) is 37.4 Å². The average molecular weight is 373 g/mol. The zero-order valence-corrected chi connectivity index (χ0v) is 14.6. The third kappa shape index (κ3) is 4.65. The molecule has 1 aromatic heterocycles. The highest BCUT2D eigenvalue weighted by Crippen LogP contribution is 2.21. The summed E-state index contributed by atoms with van der Waals surface area (Å²) in [4.78, 5) is 12.9. The molecular weight excluding hydrogens is 359 g/mol. The zero-order valence-electron chi connectivity index (χ0n) is 13.1. The first-order chi connectivity index (χ1) is 12.1. The van der Waals surface area contributed by atoms with E-state index in [0.717, 1.165) is 5.56 Å². The molecule has 25 heavy (non-hydrogen) atoms. The highest BCUT2D eigenvalue weighted by atomic mass is 35.5. The number of hydrogen-bond donors (Lipinski definition) is 2. The molecule has 0 aliphatic carbocycles. The van der Waals surface area contributed by atoms with Gasteiger partial charge in [-0.3, -0.25) is 5.43 Å². The molecule has 3 rings (SSSR count). The molecule has 1 aliphatic heterocycles. The molecule has 0 atom stereocenters. The van der Waals surface area contributed by atoms with Gasteiger partial charge in [0.2, 0.25) is 0 Å². The molecular formula is C17H14Cl2N6. The summed E-state index contributed by atoms with van der Waals surface area (Å²) in [6, 6.07) is 9.39. The topological polar surface area (TPSA) is 74.6 Å². The van der Waals surface area contributed by atoms with E-state index in [0.29, 0.717) is 34.5 Å². The second kappa shape index (κ2) is 7.92. The van der Waals surface area contributed by atoms with E-state index in [4.69, 9.17) is 23.2 Å². The molecule has 1 aliphatic rings. The van der Waals surface area contributed by atoms with Crippen LogP contribution in [0.15, 0.2) is 65.1 Å². The van der Waals surface area contributed by atoms with E-state index >= 15 is 0 Å². The summed E-state index contributed by atoms with van der Waals surface area (Å²) < 4.78 is 0. The van der Waals surface area contributed by atoms with Gasteiger partial charge in [0.25, 0.3) is 0 Å². The normalized spacial score (nSPS) is 19.5. The summed E-state index contributed by atoms with van der Waals surface area (Å²) in [5.74, 6) is 1.14. The Morgan fingerprint density at radius 1 is 1.12 bits per heavy atom. The summed E-state index contributed by atoms with van der Waals surface area (Å²) in [5.41, 5.74) is 4.88. The number of halogens is 2. The number of aromatic nitrogens is 2. The number of allylic oxidation sites excluding steroid dienone is 1. The minimum Gasteiger partial charge on any atom is -0.366 e. The number of hydrogen-bond acceptors (Lipinski definition) is 6. The molecule has 1 aromatic carbocycles. The number of aliphatic imine (C=N–C) groups is 1. The molecule has 0 amide bonds. The zero-order chi connectivity index (χ0) is 17.6. The maximum Gasteiger partial charge on any atom is 0.165 e. The summed E-state index contributed by atoms with van der Waals surface area (Å²) in [6.07, 6.45) is 4.68. The van der Waals surface area contributed by atoms with Crippen LogP contribution in [0.3, 0.4) is 0 Å². The van der Waals surface area contributed by atoms with E-state index in [9.17, 15) is 0 Å². The second-order valence-corrected chi connectivity index (χ2v) is 5.90. The molecule has 8 heteroatoms. The Labute approximate surface area is 155 Å². The van der Waals surface area contributed by atoms with E-state index < -0.39 is 0 Å². The van der Waals surface area contributed by atoms with Crippen molar-refractivity contribution in [1.82, 2.24) is 15.4 Å². The van der Waals surface area contributed by atoms with E-state index in [1.54, 1.807) is 18.5 Å². The SMILES string of the molecule is C=C1/N=C(Cl)\C=N/N/C=C\1c1nccc(NCc2ccc(Cl)cc2)n1. The van der Waals surface area contributed by atoms with Gasteiger partial charge in [0.1, 0.15) is 11.0 Å². The fourth-order valence-electron chi connectivity index (χ4n) is 2.07. The lowest BCUT2D eigenvalue weighted by molar-refractivity contribution is 0.969. The number of rotatable bonds is 4. The van der Waals surface area contributed by atoms with Crippen molar-refractivity contribution in [2.75, 3.05) is 5.32 Å². The molecule has 0 fully saturated rings. The van der Waals surface area contributed by atoms with Crippen LogP contribution in [0.1, 0.15) is 11.4 Å².